The summed E-state index contributed by atoms with van der Waals surface area (Å²) < 4.78 is 2.16. The van der Waals surface area contributed by atoms with E-state index in [-0.39, 0.29) is 0 Å². The molecule has 1 rings (SSSR count). The van der Waals surface area contributed by atoms with E-state index < -0.39 is 0 Å². The van der Waals surface area contributed by atoms with Gasteiger partial charge in [-0.1, -0.05) is 6.92 Å². The summed E-state index contributed by atoms with van der Waals surface area (Å²) in [5.74, 6) is 1.14. The van der Waals surface area contributed by atoms with Crippen LogP contribution in [0.3, 0.4) is 0 Å². The van der Waals surface area contributed by atoms with Crippen LogP contribution in [-0.4, -0.2) is 9.55 Å². The predicted octanol–water partition coefficient (Wildman–Crippen LogP) is 2.14. The predicted molar refractivity (Wildman–Crippen MR) is 51.1 cm³/mol. The first-order valence-corrected chi connectivity index (χ1v) is 4.75. The van der Waals surface area contributed by atoms with Crippen LogP contribution in [-0.2, 0) is 13.0 Å². The van der Waals surface area contributed by atoms with Crippen molar-refractivity contribution < 1.29 is 0 Å². The summed E-state index contributed by atoms with van der Waals surface area (Å²) in [4.78, 5) is 4.23. The Morgan fingerprint density at radius 3 is 3.08 bits per heavy atom. The molecule has 0 fully saturated rings. The van der Waals surface area contributed by atoms with Crippen molar-refractivity contribution in [1.29, 1.82) is 5.26 Å². The van der Waals surface area contributed by atoms with Crippen LogP contribution in [0.15, 0.2) is 12.4 Å². The minimum Gasteiger partial charge on any atom is -0.335 e. The highest BCUT2D eigenvalue weighted by Gasteiger charge is 1.98. The van der Waals surface area contributed by atoms with Gasteiger partial charge in [-0.3, -0.25) is 0 Å². The van der Waals surface area contributed by atoms with E-state index in [9.17, 15) is 0 Å². The molecule has 0 saturated carbocycles. The Bertz CT molecular complexity index is 283. The fraction of sp³-hybridized carbons (Fsp3) is 0.600. The van der Waals surface area contributed by atoms with Gasteiger partial charge in [0.05, 0.1) is 6.07 Å². The molecule has 0 aliphatic heterocycles. The quantitative estimate of drug-likeness (QED) is 0.646. The summed E-state index contributed by atoms with van der Waals surface area (Å²) in [7, 11) is 0. The van der Waals surface area contributed by atoms with E-state index in [0.717, 1.165) is 31.6 Å². The summed E-state index contributed by atoms with van der Waals surface area (Å²) in [5.41, 5.74) is 0. The zero-order valence-electron chi connectivity index (χ0n) is 8.03. The largest absolute Gasteiger partial charge is 0.335 e. The van der Waals surface area contributed by atoms with Crippen LogP contribution in [0.25, 0.3) is 0 Å². The molecule has 0 aliphatic carbocycles. The lowest BCUT2D eigenvalue weighted by Gasteiger charge is -2.04. The second-order valence-corrected chi connectivity index (χ2v) is 3.01. The number of aromatic nitrogens is 2. The van der Waals surface area contributed by atoms with Crippen molar-refractivity contribution in [3.63, 3.8) is 0 Å². The molecule has 0 amide bonds. The summed E-state index contributed by atoms with van der Waals surface area (Å²) in [6.07, 6.45) is 7.53. The molecule has 0 N–H and O–H groups in total. The molecule has 0 unspecified atom stereocenters. The van der Waals surface area contributed by atoms with Gasteiger partial charge in [0.1, 0.15) is 5.82 Å². The summed E-state index contributed by atoms with van der Waals surface area (Å²) in [5, 5.41) is 8.36. The van der Waals surface area contributed by atoms with Crippen LogP contribution < -0.4 is 0 Å². The second kappa shape index (κ2) is 5.36. The van der Waals surface area contributed by atoms with Crippen molar-refractivity contribution in [2.75, 3.05) is 0 Å². The van der Waals surface area contributed by atoms with Gasteiger partial charge in [0.2, 0.25) is 0 Å². The van der Waals surface area contributed by atoms with Gasteiger partial charge < -0.3 is 4.57 Å². The molecule has 13 heavy (non-hydrogen) atoms. The standard InChI is InChI=1S/C10H15N3/c1-2-10-12-7-9-13(10)8-5-3-4-6-11/h7,9H,2-5,8H2,1H3. The maximum absolute atomic E-state index is 8.36. The fourth-order valence-electron chi connectivity index (χ4n) is 1.34. The van der Waals surface area contributed by atoms with Crippen LogP contribution in [0.4, 0.5) is 0 Å². The molecular formula is C10H15N3. The lowest BCUT2D eigenvalue weighted by atomic mass is 10.2. The number of nitriles is 1. The highest BCUT2D eigenvalue weighted by atomic mass is 15.1. The van der Waals surface area contributed by atoms with Gasteiger partial charge >= 0.3 is 0 Å². The van der Waals surface area contributed by atoms with Gasteiger partial charge in [0.15, 0.2) is 0 Å². The molecule has 70 valence electrons. The van der Waals surface area contributed by atoms with E-state index in [4.69, 9.17) is 5.26 Å². The third kappa shape index (κ3) is 2.90. The van der Waals surface area contributed by atoms with Crippen LogP contribution in [0.5, 0.6) is 0 Å². The lowest BCUT2D eigenvalue weighted by Crippen LogP contribution is -2.01. The maximum atomic E-state index is 8.36. The van der Waals surface area contributed by atoms with Crippen LogP contribution in [0, 0.1) is 11.3 Å². The van der Waals surface area contributed by atoms with Crippen molar-refractivity contribution in [3.05, 3.63) is 18.2 Å². The van der Waals surface area contributed by atoms with Crippen molar-refractivity contribution in [3.8, 4) is 6.07 Å². The van der Waals surface area contributed by atoms with E-state index in [1.54, 1.807) is 0 Å². The van der Waals surface area contributed by atoms with Crippen molar-refractivity contribution in [2.24, 2.45) is 0 Å². The third-order valence-electron chi connectivity index (χ3n) is 2.06. The Morgan fingerprint density at radius 2 is 2.38 bits per heavy atom. The zero-order chi connectivity index (χ0) is 9.52. The average molecular weight is 177 g/mol. The van der Waals surface area contributed by atoms with Gasteiger partial charge in [-0.2, -0.15) is 5.26 Å². The van der Waals surface area contributed by atoms with E-state index in [1.807, 2.05) is 12.4 Å². The molecule has 0 radical (unpaired) electrons. The van der Waals surface area contributed by atoms with Gasteiger partial charge in [-0.15, -0.1) is 0 Å². The molecule has 1 heterocycles. The van der Waals surface area contributed by atoms with Gasteiger partial charge in [-0.05, 0) is 12.8 Å². The monoisotopic (exact) mass is 177 g/mol. The Hall–Kier alpha value is -1.30. The molecule has 0 spiro atoms. The van der Waals surface area contributed by atoms with E-state index in [0.29, 0.717) is 6.42 Å². The Morgan fingerprint density at radius 1 is 1.54 bits per heavy atom. The smallest absolute Gasteiger partial charge is 0.108 e. The Labute approximate surface area is 79.0 Å². The Balaban J connectivity index is 2.32. The minimum atomic E-state index is 0.663. The maximum Gasteiger partial charge on any atom is 0.108 e. The van der Waals surface area contributed by atoms with Gasteiger partial charge in [-0.25, -0.2) is 4.98 Å². The number of hydrogen-bond acceptors (Lipinski definition) is 2. The van der Waals surface area contributed by atoms with Crippen molar-refractivity contribution >= 4 is 0 Å². The molecule has 3 nitrogen and oxygen atoms in total. The topological polar surface area (TPSA) is 41.6 Å². The first-order chi connectivity index (χ1) is 6.38. The number of nitrogens with zero attached hydrogens (tertiary/aromatic N) is 3. The molecule has 0 atom stereocenters. The second-order valence-electron chi connectivity index (χ2n) is 3.01. The molecule has 0 saturated heterocycles. The fourth-order valence-corrected chi connectivity index (χ4v) is 1.34. The number of rotatable bonds is 5. The first kappa shape index (κ1) is 9.79. The Kier molecular flexibility index (Phi) is 4.04. The number of hydrogen-bond donors (Lipinski definition) is 0. The third-order valence-corrected chi connectivity index (χ3v) is 2.06. The number of unbranched alkanes of at least 4 members (excludes halogenated alkanes) is 2. The SMILES string of the molecule is CCc1nccn1CCCCC#N. The summed E-state index contributed by atoms with van der Waals surface area (Å²) >= 11 is 0. The van der Waals surface area contributed by atoms with Crippen molar-refractivity contribution in [2.45, 2.75) is 39.2 Å². The molecule has 1 aromatic heterocycles. The average Bonchev–Trinajstić information content (AvgIpc) is 2.60. The van der Waals surface area contributed by atoms with Crippen molar-refractivity contribution in [1.82, 2.24) is 9.55 Å². The molecule has 0 bridgehead atoms. The molecule has 0 aliphatic rings. The minimum absolute atomic E-state index is 0.663. The molecular weight excluding hydrogens is 162 g/mol. The van der Waals surface area contributed by atoms with Crippen LogP contribution in [0.2, 0.25) is 0 Å². The summed E-state index contributed by atoms with van der Waals surface area (Å²) in [6.45, 7) is 3.10. The molecule has 1 aromatic rings. The number of aryl methyl sites for hydroxylation is 2. The van der Waals surface area contributed by atoms with Gasteiger partial charge in [0, 0.05) is 31.8 Å². The molecule has 3 heteroatoms. The van der Waals surface area contributed by atoms with E-state index in [2.05, 4.69) is 22.5 Å². The van der Waals surface area contributed by atoms with Gasteiger partial charge in [0.25, 0.3) is 0 Å². The summed E-state index contributed by atoms with van der Waals surface area (Å²) in [6, 6.07) is 2.15. The highest BCUT2D eigenvalue weighted by molar-refractivity contribution is 4.91. The van der Waals surface area contributed by atoms with E-state index in [1.165, 1.54) is 0 Å². The zero-order valence-corrected chi connectivity index (χ0v) is 8.03. The lowest BCUT2D eigenvalue weighted by molar-refractivity contribution is 0.593. The van der Waals surface area contributed by atoms with Crippen LogP contribution in [0.1, 0.15) is 32.0 Å². The number of imidazole rings is 1. The van der Waals surface area contributed by atoms with E-state index >= 15 is 0 Å². The normalized spacial score (nSPS) is 9.85. The van der Waals surface area contributed by atoms with Crippen LogP contribution >= 0.6 is 0 Å². The highest BCUT2D eigenvalue weighted by Crippen LogP contribution is 2.02. The molecule has 0 aromatic carbocycles. The first-order valence-electron chi connectivity index (χ1n) is 4.75.